The van der Waals surface area contributed by atoms with Gasteiger partial charge < -0.3 is 14.9 Å². The summed E-state index contributed by atoms with van der Waals surface area (Å²) in [6.45, 7) is 1.63. The first kappa shape index (κ1) is 32.8. The molecule has 0 spiro atoms. The lowest BCUT2D eigenvalue weighted by Gasteiger charge is -2.55. The van der Waals surface area contributed by atoms with Gasteiger partial charge in [0.25, 0.3) is 0 Å². The SMILES string of the molecule is FC(F)(F)c1cc(COC2C3CCN(CC3)C2C(c2ccccc2)C2CCCCC2)cc(C(F)(F)F)c1.O=C(O)C(=O)O. The number of carboxylic acid groups (broad SMARTS) is 2. The van der Waals surface area contributed by atoms with Gasteiger partial charge in [-0.25, -0.2) is 9.59 Å². The Labute approximate surface area is 245 Å². The van der Waals surface area contributed by atoms with Crippen LogP contribution >= 0.6 is 0 Å². The standard InChI is InChI=1S/C29H33F6NO.C2H2O4/c30-28(31,32)23-15-19(16-24(17-23)29(33,34)35)18-37-27-22-11-13-36(14-12-22)26(27)25(20-7-3-1-4-8-20)21-9-5-2-6-10-21;3-1(4)2(5)6/h1,3-4,7-8,15-17,21-22,25-27H,2,5-6,9-14,18H2;(H,3,4)(H,5,6). The van der Waals surface area contributed by atoms with Crippen LogP contribution in [0.25, 0.3) is 0 Å². The number of alkyl halides is 6. The normalized spacial score (nSPS) is 25.0. The first-order valence-corrected chi connectivity index (χ1v) is 14.4. The molecule has 12 heteroatoms. The third kappa shape index (κ3) is 8.29. The van der Waals surface area contributed by atoms with Crippen molar-refractivity contribution in [3.8, 4) is 0 Å². The van der Waals surface area contributed by atoms with Crippen molar-refractivity contribution in [2.45, 2.75) is 82.0 Å². The van der Waals surface area contributed by atoms with Gasteiger partial charge >= 0.3 is 24.3 Å². The average Bonchev–Trinajstić information content (AvgIpc) is 2.97. The van der Waals surface area contributed by atoms with Crippen molar-refractivity contribution in [1.82, 2.24) is 4.90 Å². The number of carboxylic acids is 2. The Bertz CT molecular complexity index is 1190. The van der Waals surface area contributed by atoms with E-state index in [-0.39, 0.29) is 42.2 Å². The van der Waals surface area contributed by atoms with Crippen molar-refractivity contribution in [3.63, 3.8) is 0 Å². The lowest BCUT2D eigenvalue weighted by molar-refractivity contribution is -0.159. The molecule has 3 atom stereocenters. The second kappa shape index (κ2) is 13.7. The van der Waals surface area contributed by atoms with Crippen LogP contribution in [0.5, 0.6) is 0 Å². The highest BCUT2D eigenvalue weighted by Crippen LogP contribution is 2.47. The van der Waals surface area contributed by atoms with Crippen molar-refractivity contribution in [2.24, 2.45) is 11.8 Å². The van der Waals surface area contributed by atoms with E-state index in [1.807, 2.05) is 18.2 Å². The van der Waals surface area contributed by atoms with E-state index >= 15 is 0 Å². The molecule has 43 heavy (non-hydrogen) atoms. The van der Waals surface area contributed by atoms with Crippen LogP contribution in [0.15, 0.2) is 48.5 Å². The summed E-state index contributed by atoms with van der Waals surface area (Å²) in [5, 5.41) is 14.8. The molecule has 0 amide bonds. The van der Waals surface area contributed by atoms with Crippen molar-refractivity contribution < 1.29 is 50.9 Å². The molecule has 4 aliphatic rings. The number of piperidine rings is 3. The van der Waals surface area contributed by atoms with Crippen molar-refractivity contribution in [2.75, 3.05) is 13.1 Å². The number of hydrogen-bond acceptors (Lipinski definition) is 4. The Morgan fingerprint density at radius 2 is 1.35 bits per heavy atom. The summed E-state index contributed by atoms with van der Waals surface area (Å²) in [5.74, 6) is -2.69. The first-order valence-electron chi connectivity index (χ1n) is 14.4. The Morgan fingerprint density at radius 1 is 0.814 bits per heavy atom. The molecule has 0 aromatic heterocycles. The number of aliphatic carboxylic acids is 2. The number of nitrogens with zero attached hydrogens (tertiary/aromatic N) is 1. The lowest BCUT2D eigenvalue weighted by atomic mass is 9.67. The Kier molecular flexibility index (Phi) is 10.4. The van der Waals surface area contributed by atoms with E-state index in [1.54, 1.807) is 0 Å². The Balaban J connectivity index is 0.000000641. The van der Waals surface area contributed by atoms with Crippen LogP contribution in [0.2, 0.25) is 0 Å². The predicted octanol–water partition coefficient (Wildman–Crippen LogP) is 7.22. The molecule has 3 aliphatic heterocycles. The highest BCUT2D eigenvalue weighted by Gasteiger charge is 2.49. The maximum atomic E-state index is 13.4. The van der Waals surface area contributed by atoms with E-state index in [9.17, 15) is 26.3 Å². The molecule has 2 aromatic rings. The van der Waals surface area contributed by atoms with Gasteiger partial charge in [-0.05, 0) is 79.9 Å². The zero-order chi connectivity index (χ0) is 31.4. The molecule has 6 nitrogen and oxygen atoms in total. The number of ether oxygens (including phenoxy) is 1. The molecule has 3 heterocycles. The van der Waals surface area contributed by atoms with Gasteiger partial charge in [0, 0.05) is 12.0 Å². The molecule has 0 radical (unpaired) electrons. The zero-order valence-corrected chi connectivity index (χ0v) is 23.4. The molecule has 236 valence electrons. The van der Waals surface area contributed by atoms with E-state index in [0.29, 0.717) is 5.92 Å². The predicted molar refractivity (Wildman–Crippen MR) is 144 cm³/mol. The molecule has 3 unspecified atom stereocenters. The third-order valence-corrected chi connectivity index (χ3v) is 8.78. The summed E-state index contributed by atoms with van der Waals surface area (Å²) in [6, 6.07) is 12.2. The Hall–Kier alpha value is -3.12. The minimum atomic E-state index is -4.87. The maximum Gasteiger partial charge on any atom is 0.416 e. The molecule has 4 fully saturated rings. The van der Waals surface area contributed by atoms with Gasteiger partial charge in [-0.2, -0.15) is 26.3 Å². The molecule has 1 aliphatic carbocycles. The van der Waals surface area contributed by atoms with E-state index in [0.717, 1.165) is 50.9 Å². The monoisotopic (exact) mass is 615 g/mol. The zero-order valence-electron chi connectivity index (χ0n) is 23.4. The minimum Gasteiger partial charge on any atom is -0.473 e. The second-order valence-corrected chi connectivity index (χ2v) is 11.5. The largest absolute Gasteiger partial charge is 0.473 e. The quantitative estimate of drug-likeness (QED) is 0.264. The summed E-state index contributed by atoms with van der Waals surface area (Å²) in [7, 11) is 0. The minimum absolute atomic E-state index is 0.0610. The average molecular weight is 616 g/mol. The fourth-order valence-electron chi connectivity index (χ4n) is 6.91. The summed E-state index contributed by atoms with van der Waals surface area (Å²) in [6.07, 6.45) is -2.26. The number of benzene rings is 2. The van der Waals surface area contributed by atoms with Crippen molar-refractivity contribution in [1.29, 1.82) is 0 Å². The molecule has 1 saturated carbocycles. The summed E-state index contributed by atoms with van der Waals surface area (Å²) in [5.41, 5.74) is -1.43. The highest BCUT2D eigenvalue weighted by molar-refractivity contribution is 6.27. The smallest absolute Gasteiger partial charge is 0.416 e. The fourth-order valence-corrected chi connectivity index (χ4v) is 6.91. The lowest BCUT2D eigenvalue weighted by Crippen LogP contribution is -2.61. The first-order chi connectivity index (χ1) is 20.3. The fraction of sp³-hybridized carbons (Fsp3) is 0.548. The van der Waals surface area contributed by atoms with Gasteiger partial charge in [0.15, 0.2) is 0 Å². The van der Waals surface area contributed by atoms with E-state index in [4.69, 9.17) is 24.5 Å². The van der Waals surface area contributed by atoms with Gasteiger partial charge in [-0.15, -0.1) is 0 Å². The van der Waals surface area contributed by atoms with Gasteiger partial charge in [0.1, 0.15) is 0 Å². The third-order valence-electron chi connectivity index (χ3n) is 8.78. The topological polar surface area (TPSA) is 87.1 Å². The van der Waals surface area contributed by atoms with Gasteiger partial charge in [-0.3, -0.25) is 4.90 Å². The van der Waals surface area contributed by atoms with Gasteiger partial charge in [-0.1, -0.05) is 49.6 Å². The van der Waals surface area contributed by atoms with Crippen LogP contribution in [0, 0.1) is 11.8 Å². The summed E-state index contributed by atoms with van der Waals surface area (Å²) in [4.78, 5) is 20.7. The summed E-state index contributed by atoms with van der Waals surface area (Å²) < 4.78 is 86.8. The van der Waals surface area contributed by atoms with E-state index < -0.39 is 35.4 Å². The summed E-state index contributed by atoms with van der Waals surface area (Å²) >= 11 is 0. The van der Waals surface area contributed by atoms with Crippen LogP contribution in [0.4, 0.5) is 26.3 Å². The molecule has 2 bridgehead atoms. The van der Waals surface area contributed by atoms with Crippen molar-refractivity contribution >= 4 is 11.9 Å². The molecule has 2 N–H and O–H groups in total. The molecular formula is C31H35F6NO5. The van der Waals surface area contributed by atoms with Crippen LogP contribution in [-0.4, -0.2) is 52.3 Å². The number of halogens is 6. The number of hydrogen-bond donors (Lipinski definition) is 2. The molecule has 3 saturated heterocycles. The van der Waals surface area contributed by atoms with Crippen LogP contribution in [-0.2, 0) is 33.3 Å². The number of carbonyl (C=O) groups is 2. The Morgan fingerprint density at radius 3 is 1.84 bits per heavy atom. The van der Waals surface area contributed by atoms with Gasteiger partial charge in [0.05, 0.1) is 23.8 Å². The molecular weight excluding hydrogens is 580 g/mol. The number of rotatable bonds is 6. The molecule has 2 aromatic carbocycles. The van der Waals surface area contributed by atoms with E-state index in [1.165, 1.54) is 24.8 Å². The maximum absolute atomic E-state index is 13.4. The second-order valence-electron chi connectivity index (χ2n) is 11.5. The van der Waals surface area contributed by atoms with Gasteiger partial charge in [0.2, 0.25) is 0 Å². The molecule has 6 rings (SSSR count). The van der Waals surface area contributed by atoms with Crippen LogP contribution in [0.3, 0.4) is 0 Å². The van der Waals surface area contributed by atoms with E-state index in [2.05, 4.69) is 17.0 Å². The highest BCUT2D eigenvalue weighted by atomic mass is 19.4. The van der Waals surface area contributed by atoms with Crippen molar-refractivity contribution in [3.05, 3.63) is 70.8 Å². The van der Waals surface area contributed by atoms with Crippen LogP contribution < -0.4 is 0 Å². The van der Waals surface area contributed by atoms with Crippen LogP contribution in [0.1, 0.15) is 73.1 Å². The number of fused-ring (bicyclic) bond motifs is 3.